The van der Waals surface area contributed by atoms with Crippen molar-refractivity contribution in [3.8, 4) is 6.07 Å². The Labute approximate surface area is 138 Å². The molecule has 3 N–H and O–H groups in total. The molecule has 1 aromatic rings. The lowest BCUT2D eigenvalue weighted by atomic mass is 9.68. The summed E-state index contributed by atoms with van der Waals surface area (Å²) in [5.74, 6) is -1.37. The number of hydrogen-bond donors (Lipinski definition) is 2. The van der Waals surface area contributed by atoms with Crippen LogP contribution in [0.2, 0.25) is 0 Å². The number of benzene rings is 1. The first kappa shape index (κ1) is 15.6. The number of hydrogen-bond acceptors (Lipinski definition) is 6. The Kier molecular flexibility index (Phi) is 3.53. The molecule has 1 atom stereocenters. The van der Waals surface area contributed by atoms with E-state index in [2.05, 4.69) is 5.32 Å². The second-order valence-electron chi connectivity index (χ2n) is 5.35. The number of carbonyl (C=O) groups excluding carboxylic acids is 2. The highest BCUT2D eigenvalue weighted by molar-refractivity contribution is 6.18. The zero-order chi connectivity index (χ0) is 17.5. The molecule has 7 heteroatoms. The summed E-state index contributed by atoms with van der Waals surface area (Å²) >= 11 is 0. The van der Waals surface area contributed by atoms with Gasteiger partial charge >= 0.3 is 0 Å². The zero-order valence-corrected chi connectivity index (χ0v) is 13.2. The van der Waals surface area contributed by atoms with Gasteiger partial charge in [0, 0.05) is 11.3 Å². The third-order valence-electron chi connectivity index (χ3n) is 4.06. The molecule has 0 unspecified atom stereocenters. The fourth-order valence-corrected chi connectivity index (χ4v) is 3.20. The molecule has 0 bridgehead atoms. The van der Waals surface area contributed by atoms with Crippen LogP contribution in [0.5, 0.6) is 0 Å². The molecule has 0 fully saturated rings. The van der Waals surface area contributed by atoms with E-state index >= 15 is 0 Å². The summed E-state index contributed by atoms with van der Waals surface area (Å²) in [5, 5.41) is 12.3. The highest BCUT2D eigenvalue weighted by atomic mass is 16.7. The average molecular weight is 325 g/mol. The van der Waals surface area contributed by atoms with Crippen molar-refractivity contribution < 1.29 is 19.1 Å². The Hall–Kier alpha value is -3.27. The van der Waals surface area contributed by atoms with E-state index in [0.717, 1.165) is 0 Å². The Morgan fingerprint density at radius 1 is 1.46 bits per heavy atom. The van der Waals surface area contributed by atoms with Crippen molar-refractivity contribution in [3.05, 3.63) is 52.8 Å². The van der Waals surface area contributed by atoms with E-state index < -0.39 is 17.1 Å². The van der Waals surface area contributed by atoms with Crippen molar-refractivity contribution >= 4 is 17.4 Å². The van der Waals surface area contributed by atoms with Gasteiger partial charge in [0.05, 0.1) is 6.61 Å². The van der Waals surface area contributed by atoms with Crippen LogP contribution in [-0.2, 0) is 24.5 Å². The van der Waals surface area contributed by atoms with Crippen LogP contribution in [0.3, 0.4) is 0 Å². The Morgan fingerprint density at radius 2 is 2.17 bits per heavy atom. The SMILES string of the molecule is CCOC1=C(C(C)=O)[C@]2(C(=O)Nc3ccccc32)C(C#N)=C(N)O1. The number of nitriles is 1. The number of anilines is 1. The third kappa shape index (κ3) is 1.83. The van der Waals surface area contributed by atoms with Crippen molar-refractivity contribution in [1.82, 2.24) is 0 Å². The van der Waals surface area contributed by atoms with E-state index in [0.29, 0.717) is 11.3 Å². The van der Waals surface area contributed by atoms with Crippen molar-refractivity contribution in [2.24, 2.45) is 5.73 Å². The molecule has 2 aliphatic rings. The van der Waals surface area contributed by atoms with Crippen LogP contribution in [0.4, 0.5) is 5.69 Å². The maximum atomic E-state index is 12.9. The third-order valence-corrected chi connectivity index (χ3v) is 4.06. The molecule has 1 aromatic carbocycles. The minimum absolute atomic E-state index is 0.0300. The first-order chi connectivity index (χ1) is 11.5. The summed E-state index contributed by atoms with van der Waals surface area (Å²) in [6.45, 7) is 3.22. The van der Waals surface area contributed by atoms with Crippen LogP contribution in [0.15, 0.2) is 47.2 Å². The predicted octanol–water partition coefficient (Wildman–Crippen LogP) is 1.44. The van der Waals surface area contributed by atoms with Crippen LogP contribution in [0, 0.1) is 11.3 Å². The maximum Gasteiger partial charge on any atom is 0.294 e. The van der Waals surface area contributed by atoms with Crippen LogP contribution in [0.1, 0.15) is 19.4 Å². The number of carbonyl (C=O) groups is 2. The fraction of sp³-hybridized carbons (Fsp3) is 0.235. The number of amides is 1. The van der Waals surface area contributed by atoms with Crippen molar-refractivity contribution in [2.75, 3.05) is 11.9 Å². The molecule has 1 spiro atoms. The number of para-hydroxylation sites is 1. The lowest BCUT2D eigenvalue weighted by Crippen LogP contribution is -2.45. The van der Waals surface area contributed by atoms with Gasteiger partial charge in [-0.2, -0.15) is 5.26 Å². The number of nitrogens with two attached hydrogens (primary N) is 1. The van der Waals surface area contributed by atoms with E-state index in [9.17, 15) is 14.9 Å². The van der Waals surface area contributed by atoms with Crippen LogP contribution in [-0.4, -0.2) is 18.3 Å². The Bertz CT molecular complexity index is 863. The smallest absolute Gasteiger partial charge is 0.294 e. The van der Waals surface area contributed by atoms with Gasteiger partial charge in [-0.3, -0.25) is 9.59 Å². The first-order valence-electron chi connectivity index (χ1n) is 7.36. The topological polar surface area (TPSA) is 114 Å². The highest BCUT2D eigenvalue weighted by Crippen LogP contribution is 2.51. The molecule has 0 saturated carbocycles. The molecule has 122 valence electrons. The monoisotopic (exact) mass is 325 g/mol. The molecule has 2 heterocycles. The predicted molar refractivity (Wildman–Crippen MR) is 84.0 cm³/mol. The molecular weight excluding hydrogens is 310 g/mol. The summed E-state index contributed by atoms with van der Waals surface area (Å²) in [5.41, 5.74) is 5.04. The standard InChI is InChI=1S/C17H15N3O4/c1-3-23-15-13(9(2)21)17(11(8-18)14(19)24-15)10-6-4-5-7-12(10)20-16(17)22/h4-7H,3,19H2,1-2H3,(H,20,22)/t17-/m1/s1. The summed E-state index contributed by atoms with van der Waals surface area (Å²) in [6, 6.07) is 8.77. The molecule has 2 aliphatic heterocycles. The van der Waals surface area contributed by atoms with Gasteiger partial charge in [-0.25, -0.2) is 0 Å². The highest BCUT2D eigenvalue weighted by Gasteiger charge is 2.59. The number of rotatable bonds is 3. The van der Waals surface area contributed by atoms with E-state index in [-0.39, 0.29) is 29.6 Å². The molecule has 0 saturated heterocycles. The average Bonchev–Trinajstić information content (AvgIpc) is 2.81. The van der Waals surface area contributed by atoms with Gasteiger partial charge in [-0.1, -0.05) is 18.2 Å². The molecule has 7 nitrogen and oxygen atoms in total. The number of Topliss-reactive ketones (excluding diaryl/α,β-unsaturated/α-hetero) is 1. The largest absolute Gasteiger partial charge is 0.465 e. The minimum atomic E-state index is -1.66. The van der Waals surface area contributed by atoms with Crippen LogP contribution >= 0.6 is 0 Å². The summed E-state index contributed by atoms with van der Waals surface area (Å²) < 4.78 is 10.7. The molecule has 24 heavy (non-hydrogen) atoms. The van der Waals surface area contributed by atoms with Crippen LogP contribution < -0.4 is 11.1 Å². The van der Waals surface area contributed by atoms with Crippen molar-refractivity contribution in [2.45, 2.75) is 19.3 Å². The second kappa shape index (κ2) is 5.42. The fourth-order valence-electron chi connectivity index (χ4n) is 3.20. The summed E-state index contributed by atoms with van der Waals surface area (Å²) in [6.07, 6.45) is 0. The molecule has 0 aliphatic carbocycles. The summed E-state index contributed by atoms with van der Waals surface area (Å²) in [4.78, 5) is 25.3. The van der Waals surface area contributed by atoms with E-state index in [1.54, 1.807) is 31.2 Å². The van der Waals surface area contributed by atoms with Gasteiger partial charge in [0.2, 0.25) is 11.8 Å². The van der Waals surface area contributed by atoms with E-state index in [4.69, 9.17) is 15.2 Å². The lowest BCUT2D eigenvalue weighted by Gasteiger charge is -2.33. The van der Waals surface area contributed by atoms with Gasteiger partial charge in [-0.05, 0) is 19.9 Å². The number of nitrogens with one attached hydrogen (secondary N) is 1. The van der Waals surface area contributed by atoms with E-state index in [1.165, 1.54) is 6.92 Å². The Balaban J connectivity index is 2.44. The number of fused-ring (bicyclic) bond motifs is 2. The Morgan fingerprint density at radius 3 is 2.79 bits per heavy atom. The van der Waals surface area contributed by atoms with Gasteiger partial charge in [0.1, 0.15) is 17.2 Å². The lowest BCUT2D eigenvalue weighted by molar-refractivity contribution is -0.122. The van der Waals surface area contributed by atoms with Crippen molar-refractivity contribution in [1.29, 1.82) is 5.26 Å². The van der Waals surface area contributed by atoms with Crippen molar-refractivity contribution in [3.63, 3.8) is 0 Å². The van der Waals surface area contributed by atoms with Crippen LogP contribution in [0.25, 0.3) is 0 Å². The van der Waals surface area contributed by atoms with Gasteiger partial charge < -0.3 is 20.5 Å². The van der Waals surface area contributed by atoms with E-state index in [1.807, 2.05) is 6.07 Å². The molecule has 0 radical (unpaired) electrons. The normalized spacial score (nSPS) is 22.0. The summed E-state index contributed by atoms with van der Waals surface area (Å²) in [7, 11) is 0. The number of nitrogens with zero attached hydrogens (tertiary/aromatic N) is 1. The molecular formula is C17H15N3O4. The van der Waals surface area contributed by atoms with Gasteiger partial charge in [0.15, 0.2) is 11.2 Å². The van der Waals surface area contributed by atoms with Gasteiger partial charge in [-0.15, -0.1) is 0 Å². The minimum Gasteiger partial charge on any atom is -0.465 e. The first-order valence-corrected chi connectivity index (χ1v) is 7.36. The second-order valence-corrected chi connectivity index (χ2v) is 5.35. The zero-order valence-electron chi connectivity index (χ0n) is 13.2. The quantitative estimate of drug-likeness (QED) is 0.869. The van der Waals surface area contributed by atoms with Gasteiger partial charge in [0.25, 0.3) is 5.95 Å². The number of ketones is 1. The maximum absolute atomic E-state index is 12.9. The molecule has 1 amide bonds. The molecule has 3 rings (SSSR count). The number of ether oxygens (including phenoxy) is 2. The molecule has 0 aromatic heterocycles.